The maximum Gasteiger partial charge on any atom is 0.389 e. The monoisotopic (exact) mass is 310 g/mol. The van der Waals surface area contributed by atoms with Crippen LogP contribution in [0.25, 0.3) is 0 Å². The topological polar surface area (TPSA) is 65.4 Å². The number of fused-ring (bicyclic) bond motifs is 1. The molecule has 1 atom stereocenters. The predicted molar refractivity (Wildman–Crippen MR) is 72.5 cm³/mol. The summed E-state index contributed by atoms with van der Waals surface area (Å²) in [4.78, 5) is 0. The van der Waals surface area contributed by atoms with Crippen LogP contribution in [0.4, 0.5) is 13.2 Å². The van der Waals surface area contributed by atoms with Gasteiger partial charge in [-0.3, -0.25) is 4.68 Å². The molecule has 118 valence electrons. The average molecular weight is 310 g/mol. The average Bonchev–Trinajstić information content (AvgIpc) is 2.90. The lowest BCUT2D eigenvalue weighted by atomic mass is 9.91. The SMILES string of the molecule is CC1(C)CCc2cn(CC(CC(F)(F)F)C(C#N)C#N)nc21. The molecule has 22 heavy (non-hydrogen) atoms. The fraction of sp³-hybridized carbons (Fsp3) is 0.667. The molecule has 2 rings (SSSR count). The van der Waals surface area contributed by atoms with Crippen molar-refractivity contribution >= 4 is 0 Å². The van der Waals surface area contributed by atoms with Gasteiger partial charge in [0, 0.05) is 24.1 Å². The Balaban J connectivity index is 2.22. The standard InChI is InChI=1S/C15H17F3N4/c1-14(2)4-3-10-8-22(21-13(10)14)9-11(5-15(16,17)18)12(6-19)7-20/h8,11-12H,3-5,9H2,1-2H3. The largest absolute Gasteiger partial charge is 0.389 e. The minimum absolute atomic E-state index is 0.0750. The summed E-state index contributed by atoms with van der Waals surface area (Å²) in [5.74, 6) is -2.41. The predicted octanol–water partition coefficient (Wildman–Crippen LogP) is 3.34. The molecule has 0 aromatic carbocycles. The number of nitrogens with zero attached hydrogens (tertiary/aromatic N) is 4. The molecule has 0 saturated heterocycles. The van der Waals surface area contributed by atoms with E-state index in [2.05, 4.69) is 18.9 Å². The molecule has 1 aromatic rings. The molecule has 0 saturated carbocycles. The zero-order valence-corrected chi connectivity index (χ0v) is 12.5. The minimum atomic E-state index is -4.41. The zero-order valence-electron chi connectivity index (χ0n) is 12.5. The van der Waals surface area contributed by atoms with Crippen LogP contribution in [0, 0.1) is 34.5 Å². The highest BCUT2D eigenvalue weighted by molar-refractivity contribution is 5.30. The fourth-order valence-corrected chi connectivity index (χ4v) is 2.94. The Bertz CT molecular complexity index is 617. The molecule has 4 nitrogen and oxygen atoms in total. The summed E-state index contributed by atoms with van der Waals surface area (Å²) in [7, 11) is 0. The smallest absolute Gasteiger partial charge is 0.272 e. The molecule has 1 heterocycles. The molecule has 1 unspecified atom stereocenters. The molecule has 0 radical (unpaired) electrons. The van der Waals surface area contributed by atoms with Crippen molar-refractivity contribution in [3.63, 3.8) is 0 Å². The highest BCUT2D eigenvalue weighted by atomic mass is 19.4. The van der Waals surface area contributed by atoms with Crippen molar-refractivity contribution < 1.29 is 13.2 Å². The third-order valence-corrected chi connectivity index (χ3v) is 4.16. The molecular formula is C15H17F3N4. The van der Waals surface area contributed by atoms with E-state index in [0.29, 0.717) is 0 Å². The molecule has 0 N–H and O–H groups in total. The van der Waals surface area contributed by atoms with Crippen LogP contribution in [-0.4, -0.2) is 16.0 Å². The summed E-state index contributed by atoms with van der Waals surface area (Å²) >= 11 is 0. The fourth-order valence-electron chi connectivity index (χ4n) is 2.94. The molecule has 0 aliphatic heterocycles. The van der Waals surface area contributed by atoms with Gasteiger partial charge in [0.1, 0.15) is 5.92 Å². The van der Waals surface area contributed by atoms with E-state index in [1.165, 1.54) is 4.68 Å². The first-order valence-corrected chi connectivity index (χ1v) is 7.09. The number of rotatable bonds is 4. The second-order valence-electron chi connectivity index (χ2n) is 6.42. The van der Waals surface area contributed by atoms with Crippen molar-refractivity contribution in [2.45, 2.75) is 51.2 Å². The first-order valence-electron chi connectivity index (χ1n) is 7.09. The van der Waals surface area contributed by atoms with Gasteiger partial charge in [0.05, 0.1) is 24.3 Å². The third-order valence-electron chi connectivity index (χ3n) is 4.16. The van der Waals surface area contributed by atoms with Crippen molar-refractivity contribution in [1.29, 1.82) is 10.5 Å². The third kappa shape index (κ3) is 3.41. The Labute approximate surface area is 127 Å². The summed E-state index contributed by atoms with van der Waals surface area (Å²) in [5, 5.41) is 22.2. The first kappa shape index (κ1) is 16.4. The number of aromatic nitrogens is 2. The van der Waals surface area contributed by atoms with E-state index >= 15 is 0 Å². The van der Waals surface area contributed by atoms with Crippen LogP contribution >= 0.6 is 0 Å². The minimum Gasteiger partial charge on any atom is -0.272 e. The van der Waals surface area contributed by atoms with Gasteiger partial charge in [-0.25, -0.2) is 0 Å². The van der Waals surface area contributed by atoms with E-state index in [4.69, 9.17) is 10.5 Å². The lowest BCUT2D eigenvalue weighted by molar-refractivity contribution is -0.147. The highest BCUT2D eigenvalue weighted by Crippen LogP contribution is 2.37. The number of hydrogen-bond donors (Lipinski definition) is 0. The molecule has 0 fully saturated rings. The van der Waals surface area contributed by atoms with Crippen LogP contribution in [0.2, 0.25) is 0 Å². The maximum absolute atomic E-state index is 12.7. The molecule has 1 aromatic heterocycles. The quantitative estimate of drug-likeness (QED) is 0.856. The Morgan fingerprint density at radius 3 is 2.50 bits per heavy atom. The maximum atomic E-state index is 12.7. The van der Waals surface area contributed by atoms with Crippen LogP contribution in [-0.2, 0) is 18.4 Å². The van der Waals surface area contributed by atoms with Gasteiger partial charge in [0.15, 0.2) is 0 Å². The van der Waals surface area contributed by atoms with Gasteiger partial charge in [-0.15, -0.1) is 0 Å². The number of nitriles is 2. The van der Waals surface area contributed by atoms with E-state index in [0.717, 1.165) is 24.1 Å². The normalized spacial score (nSPS) is 17.8. The van der Waals surface area contributed by atoms with E-state index in [1.54, 1.807) is 18.3 Å². The van der Waals surface area contributed by atoms with Gasteiger partial charge in [-0.2, -0.15) is 28.8 Å². The summed E-state index contributed by atoms with van der Waals surface area (Å²) in [6, 6.07) is 3.32. The summed E-state index contributed by atoms with van der Waals surface area (Å²) in [5.41, 5.74) is 1.87. The molecule has 7 heteroatoms. The van der Waals surface area contributed by atoms with E-state index in [1.807, 2.05) is 0 Å². The lowest BCUT2D eigenvalue weighted by Crippen LogP contribution is -2.26. The molecule has 0 spiro atoms. The molecule has 0 bridgehead atoms. The number of halogens is 3. The van der Waals surface area contributed by atoms with Crippen molar-refractivity contribution in [3.8, 4) is 12.1 Å². The first-order chi connectivity index (χ1) is 10.2. The van der Waals surface area contributed by atoms with Crippen LogP contribution < -0.4 is 0 Å². The highest BCUT2D eigenvalue weighted by Gasteiger charge is 2.38. The van der Waals surface area contributed by atoms with Gasteiger partial charge < -0.3 is 0 Å². The Morgan fingerprint density at radius 2 is 2.00 bits per heavy atom. The molecule has 1 aliphatic carbocycles. The summed E-state index contributed by atoms with van der Waals surface area (Å²) in [6.45, 7) is 4.03. The van der Waals surface area contributed by atoms with Gasteiger partial charge >= 0.3 is 6.18 Å². The molecule has 0 amide bonds. The van der Waals surface area contributed by atoms with Crippen LogP contribution in [0.15, 0.2) is 6.20 Å². The van der Waals surface area contributed by atoms with Crippen LogP contribution in [0.1, 0.15) is 37.9 Å². The van der Waals surface area contributed by atoms with Crippen LogP contribution in [0.5, 0.6) is 0 Å². The summed E-state index contributed by atoms with van der Waals surface area (Å²) < 4.78 is 39.5. The van der Waals surface area contributed by atoms with Crippen molar-refractivity contribution in [2.75, 3.05) is 0 Å². The Hall–Kier alpha value is -2.02. The number of hydrogen-bond acceptors (Lipinski definition) is 3. The van der Waals surface area contributed by atoms with Crippen molar-refractivity contribution in [1.82, 2.24) is 9.78 Å². The van der Waals surface area contributed by atoms with E-state index < -0.39 is 24.4 Å². The second-order valence-corrected chi connectivity index (χ2v) is 6.42. The van der Waals surface area contributed by atoms with Gasteiger partial charge in [0.25, 0.3) is 0 Å². The van der Waals surface area contributed by atoms with Gasteiger partial charge in [-0.05, 0) is 18.4 Å². The number of aryl methyl sites for hydroxylation is 1. The van der Waals surface area contributed by atoms with Crippen LogP contribution in [0.3, 0.4) is 0 Å². The second kappa shape index (κ2) is 5.64. The summed E-state index contributed by atoms with van der Waals surface area (Å²) in [6.07, 6.45) is -2.00. The van der Waals surface area contributed by atoms with Gasteiger partial charge in [-0.1, -0.05) is 13.8 Å². The Kier molecular flexibility index (Phi) is 4.19. The van der Waals surface area contributed by atoms with Gasteiger partial charge in [0.2, 0.25) is 0 Å². The van der Waals surface area contributed by atoms with E-state index in [9.17, 15) is 13.2 Å². The zero-order chi connectivity index (χ0) is 16.5. The van der Waals surface area contributed by atoms with E-state index in [-0.39, 0.29) is 12.0 Å². The van der Waals surface area contributed by atoms with Crippen molar-refractivity contribution in [3.05, 3.63) is 17.5 Å². The number of alkyl halides is 3. The molecule has 1 aliphatic rings. The lowest BCUT2D eigenvalue weighted by Gasteiger charge is -2.20. The Morgan fingerprint density at radius 1 is 1.36 bits per heavy atom. The molecular weight excluding hydrogens is 293 g/mol. The van der Waals surface area contributed by atoms with Crippen molar-refractivity contribution in [2.24, 2.45) is 11.8 Å².